The van der Waals surface area contributed by atoms with Crippen LogP contribution in [0.25, 0.3) is 21.5 Å². The number of nitrogens with zero attached hydrogens (tertiary/aromatic N) is 8. The molecule has 0 atom stereocenters. The van der Waals surface area contributed by atoms with Crippen LogP contribution in [0, 0.1) is 0 Å². The maximum atomic E-state index is 12.9. The van der Waals surface area contributed by atoms with E-state index in [-0.39, 0.29) is 11.1 Å². The molecule has 0 aliphatic heterocycles. The zero-order valence-electron chi connectivity index (χ0n) is 37.0. The van der Waals surface area contributed by atoms with Gasteiger partial charge in [0.15, 0.2) is 5.75 Å². The standard InChI is InChI=1S/C38H26Cl2N12O19S6/c39-33-45-35(41-18-5-3-6-19(12-18)72(54,55)56)49-36(46-33)42-23-14-27(75(63,64)65)24(15-26(23)74(60,61)62)43-37-47-34(40)48-38(50-37)44-25-13-20(73(57,58)59)10-17-11-28(76(66,67)68)30(31(53)29(17)25)52-51-22-9-8-16-4-1-2-7-21(16)32(22)77(69,70)71/h1-15,53H,(H,54,55,56)(H,57,58,59)(H,60,61,62)(H,63,64,65)(H,66,67,68)(H,69,70,71)(H2,41,42,45,46,49)(H2,43,44,47,48,50). The SMILES string of the molecule is O=S(=O)(O)c1cccc(Nc2nc(Cl)nc(Nc3cc(S(=O)(=O)O)c(Nc4nc(Cl)nc(Nc5cc(S(=O)(=O)O)cc6cc(S(=O)(=O)O)c(N=Nc7ccc8ccccc8c7S(=O)(=O)O)c(O)c56)n4)cc3S(=O)(=O)O)n2)c1. The molecule has 31 nitrogen and oxygen atoms in total. The number of phenolic OH excluding ortho intramolecular Hbond substituents is 1. The third-order valence-corrected chi connectivity index (χ3v) is 15.7. The Bertz CT molecular complexity index is 4590. The minimum Gasteiger partial charge on any atom is -0.505 e. The molecule has 2 heterocycles. The van der Waals surface area contributed by atoms with Crippen LogP contribution in [0.4, 0.5) is 57.9 Å². The zero-order valence-corrected chi connectivity index (χ0v) is 43.4. The van der Waals surface area contributed by atoms with Crippen LogP contribution in [0.5, 0.6) is 5.75 Å². The molecule has 0 radical (unpaired) electrons. The summed E-state index contributed by atoms with van der Waals surface area (Å²) in [6.45, 7) is 0. The normalized spacial score (nSPS) is 12.8. The molecule has 8 aromatic rings. The van der Waals surface area contributed by atoms with Crippen molar-refractivity contribution in [3.8, 4) is 5.75 Å². The van der Waals surface area contributed by atoms with Gasteiger partial charge in [-0.15, -0.1) is 10.2 Å². The number of azo groups is 1. The molecular weight excluding hydrogens is 1190 g/mol. The summed E-state index contributed by atoms with van der Waals surface area (Å²) in [5.74, 6) is -4.00. The highest BCUT2D eigenvalue weighted by Gasteiger charge is 2.29. The third kappa shape index (κ3) is 12.5. The lowest BCUT2D eigenvalue weighted by Crippen LogP contribution is -2.12. The van der Waals surface area contributed by atoms with Gasteiger partial charge in [-0.3, -0.25) is 27.3 Å². The van der Waals surface area contributed by atoms with Crippen LogP contribution in [0.2, 0.25) is 10.6 Å². The van der Waals surface area contributed by atoms with Crippen molar-refractivity contribution in [2.45, 2.75) is 29.4 Å². The number of phenols is 1. The molecule has 2 aromatic heterocycles. The monoisotopic (exact) mass is 1220 g/mol. The van der Waals surface area contributed by atoms with Crippen molar-refractivity contribution in [2.75, 3.05) is 21.3 Å². The van der Waals surface area contributed by atoms with E-state index >= 15 is 0 Å². The maximum absolute atomic E-state index is 12.9. The van der Waals surface area contributed by atoms with Gasteiger partial charge in [-0.1, -0.05) is 36.4 Å². The van der Waals surface area contributed by atoms with E-state index in [4.69, 9.17) is 23.2 Å². The number of anilines is 8. The average molecular weight is 1220 g/mol. The van der Waals surface area contributed by atoms with Gasteiger partial charge in [0.25, 0.3) is 60.7 Å². The van der Waals surface area contributed by atoms with Crippen molar-refractivity contribution < 1.29 is 82.9 Å². The summed E-state index contributed by atoms with van der Waals surface area (Å²) >= 11 is 12.2. The summed E-state index contributed by atoms with van der Waals surface area (Å²) in [7, 11) is -31.4. The van der Waals surface area contributed by atoms with Gasteiger partial charge in [-0.25, -0.2) is 0 Å². The fourth-order valence-electron chi connectivity index (χ4n) is 7.02. The summed E-state index contributed by atoms with van der Waals surface area (Å²) in [5, 5.41) is 26.3. The largest absolute Gasteiger partial charge is 0.505 e. The molecule has 0 amide bonds. The number of benzene rings is 6. The fourth-order valence-corrected chi connectivity index (χ4v) is 11.2. The van der Waals surface area contributed by atoms with Gasteiger partial charge in [0, 0.05) is 16.5 Å². The first-order valence-electron chi connectivity index (χ1n) is 19.9. The van der Waals surface area contributed by atoms with Crippen LogP contribution < -0.4 is 21.3 Å². The lowest BCUT2D eigenvalue weighted by Gasteiger charge is -2.17. The molecule has 0 fully saturated rings. The lowest BCUT2D eigenvalue weighted by atomic mass is 10.1. The highest BCUT2D eigenvalue weighted by atomic mass is 35.5. The second kappa shape index (κ2) is 20.1. The van der Waals surface area contributed by atoms with E-state index in [1.165, 1.54) is 36.4 Å². The summed E-state index contributed by atoms with van der Waals surface area (Å²) in [4.78, 5) is 17.0. The number of nitrogens with one attached hydrogen (secondary N) is 4. The molecule has 39 heteroatoms. The first kappa shape index (κ1) is 55.7. The van der Waals surface area contributed by atoms with Crippen LogP contribution in [0.3, 0.4) is 0 Å². The van der Waals surface area contributed by atoms with Crippen LogP contribution in [0.15, 0.2) is 131 Å². The van der Waals surface area contributed by atoms with Gasteiger partial charge in [0.1, 0.15) is 31.0 Å². The number of hydrogen-bond donors (Lipinski definition) is 11. The molecule has 0 saturated heterocycles. The third-order valence-electron chi connectivity index (χ3n) is 10.1. The second-order valence-electron chi connectivity index (χ2n) is 15.2. The first-order chi connectivity index (χ1) is 35.6. The van der Waals surface area contributed by atoms with Gasteiger partial charge < -0.3 is 26.4 Å². The van der Waals surface area contributed by atoms with E-state index in [0.717, 1.165) is 18.2 Å². The minimum atomic E-state index is -5.48. The highest BCUT2D eigenvalue weighted by Crippen LogP contribution is 2.46. The van der Waals surface area contributed by atoms with Crippen LogP contribution in [-0.2, 0) is 60.7 Å². The van der Waals surface area contributed by atoms with Gasteiger partial charge in [-0.05, 0) is 88.6 Å². The zero-order chi connectivity index (χ0) is 56.4. The van der Waals surface area contributed by atoms with Gasteiger partial charge in [-0.2, -0.15) is 80.4 Å². The fraction of sp³-hybridized carbons (Fsp3) is 0. The number of aromatic hydroxyl groups is 1. The summed E-state index contributed by atoms with van der Waals surface area (Å²) in [5.41, 5.74) is -4.23. The van der Waals surface area contributed by atoms with Crippen molar-refractivity contribution in [1.29, 1.82) is 0 Å². The Balaban J connectivity index is 1.21. The molecule has 0 aliphatic carbocycles. The molecule has 0 unspecified atom stereocenters. The van der Waals surface area contributed by atoms with Gasteiger partial charge >= 0.3 is 0 Å². The Morgan fingerprint density at radius 3 is 1.44 bits per heavy atom. The van der Waals surface area contributed by atoms with Crippen molar-refractivity contribution >= 4 is 163 Å². The van der Waals surface area contributed by atoms with Crippen molar-refractivity contribution in [3.05, 3.63) is 102 Å². The van der Waals surface area contributed by atoms with Gasteiger partial charge in [0.2, 0.25) is 34.4 Å². The molecule has 402 valence electrons. The van der Waals surface area contributed by atoms with Gasteiger partial charge in [0.05, 0.1) is 26.9 Å². The number of fused-ring (bicyclic) bond motifs is 2. The average Bonchev–Trinajstić information content (AvgIpc) is 3.35. The Kier molecular flexibility index (Phi) is 14.6. The molecule has 11 N–H and O–H groups in total. The van der Waals surface area contributed by atoms with Crippen LogP contribution in [-0.4, -0.2) is 113 Å². The topological polar surface area (TPSA) is 497 Å². The number of hydrogen-bond acceptors (Lipinski definition) is 25. The Hall–Kier alpha value is -7.50. The molecule has 0 aliphatic rings. The molecule has 0 saturated carbocycles. The Morgan fingerprint density at radius 2 is 0.935 bits per heavy atom. The number of aromatic nitrogens is 6. The summed E-state index contributed by atoms with van der Waals surface area (Å²) < 4.78 is 211. The van der Waals surface area contributed by atoms with E-state index in [9.17, 15) is 82.9 Å². The molecule has 0 bridgehead atoms. The summed E-state index contributed by atoms with van der Waals surface area (Å²) in [6.07, 6.45) is 0. The predicted molar refractivity (Wildman–Crippen MR) is 268 cm³/mol. The molecule has 8 rings (SSSR count). The lowest BCUT2D eigenvalue weighted by molar-refractivity contribution is 0.472. The van der Waals surface area contributed by atoms with Crippen molar-refractivity contribution in [3.63, 3.8) is 0 Å². The molecule has 77 heavy (non-hydrogen) atoms. The second-order valence-corrected chi connectivity index (χ2v) is 24.2. The van der Waals surface area contributed by atoms with E-state index in [1.54, 1.807) is 6.07 Å². The molecule has 6 aromatic carbocycles. The van der Waals surface area contributed by atoms with Crippen LogP contribution >= 0.6 is 23.2 Å². The summed E-state index contributed by atoms with van der Waals surface area (Å²) in [6, 6.07) is 15.4. The first-order valence-corrected chi connectivity index (χ1v) is 29.3. The van der Waals surface area contributed by atoms with E-state index in [2.05, 4.69) is 61.4 Å². The minimum absolute atomic E-state index is 0.0357. The Morgan fingerprint density at radius 1 is 0.429 bits per heavy atom. The highest BCUT2D eigenvalue weighted by molar-refractivity contribution is 7.87. The number of rotatable bonds is 16. The molecule has 0 spiro atoms. The van der Waals surface area contributed by atoms with E-state index < -0.39 is 169 Å². The predicted octanol–water partition coefficient (Wildman–Crippen LogP) is 6.25. The van der Waals surface area contributed by atoms with E-state index in [1.807, 2.05) is 0 Å². The molecular formula is C38H26Cl2N12O19S6. The van der Waals surface area contributed by atoms with Crippen molar-refractivity contribution in [2.24, 2.45) is 10.2 Å². The van der Waals surface area contributed by atoms with Crippen LogP contribution in [0.1, 0.15) is 0 Å². The maximum Gasteiger partial charge on any atom is 0.297 e. The smallest absolute Gasteiger partial charge is 0.297 e. The van der Waals surface area contributed by atoms with Crippen molar-refractivity contribution in [1.82, 2.24) is 29.9 Å². The number of halogens is 2. The van der Waals surface area contributed by atoms with E-state index in [0.29, 0.717) is 35.7 Å². The quantitative estimate of drug-likeness (QED) is 0.0376. The Labute approximate surface area is 441 Å².